The van der Waals surface area contributed by atoms with E-state index in [2.05, 4.69) is 10.1 Å². The van der Waals surface area contributed by atoms with Gasteiger partial charge < -0.3 is 15.8 Å². The summed E-state index contributed by atoms with van der Waals surface area (Å²) >= 11 is 7.29. The van der Waals surface area contributed by atoms with Crippen LogP contribution in [-0.2, 0) is 4.74 Å². The molecule has 112 valence electrons. The molecule has 0 aliphatic carbocycles. The molecule has 0 fully saturated rings. The van der Waals surface area contributed by atoms with Crippen LogP contribution >= 0.6 is 22.9 Å². The number of hydrogen-bond acceptors (Lipinski definition) is 5. The third kappa shape index (κ3) is 3.46. The maximum Gasteiger partial charge on any atom is 0.340 e. The van der Waals surface area contributed by atoms with Crippen LogP contribution < -0.4 is 11.1 Å². The van der Waals surface area contributed by atoms with Crippen molar-refractivity contribution in [3.63, 3.8) is 0 Å². The Morgan fingerprint density at radius 1 is 1.48 bits per heavy atom. The molecule has 1 atom stereocenters. The van der Waals surface area contributed by atoms with E-state index in [0.717, 1.165) is 10.9 Å². The fourth-order valence-electron chi connectivity index (χ4n) is 1.85. The van der Waals surface area contributed by atoms with Crippen molar-refractivity contribution in [3.05, 3.63) is 44.9 Å². The molecule has 0 bridgehead atoms. The zero-order valence-electron chi connectivity index (χ0n) is 11.4. The highest BCUT2D eigenvalue weighted by Gasteiger charge is 2.17. The summed E-state index contributed by atoms with van der Waals surface area (Å²) in [7, 11) is 1.24. The summed E-state index contributed by atoms with van der Waals surface area (Å²) in [5, 5.41) is 3.00. The van der Waals surface area contributed by atoms with Crippen LogP contribution in [0.4, 0.5) is 15.8 Å². The van der Waals surface area contributed by atoms with Crippen LogP contribution in [0.5, 0.6) is 0 Å². The van der Waals surface area contributed by atoms with E-state index in [9.17, 15) is 9.18 Å². The molecule has 0 radical (unpaired) electrons. The van der Waals surface area contributed by atoms with E-state index < -0.39 is 11.8 Å². The highest BCUT2D eigenvalue weighted by Crippen LogP contribution is 2.31. The van der Waals surface area contributed by atoms with Crippen molar-refractivity contribution in [2.24, 2.45) is 0 Å². The van der Waals surface area contributed by atoms with E-state index >= 15 is 0 Å². The number of ether oxygens (including phenoxy) is 1. The van der Waals surface area contributed by atoms with E-state index in [-0.39, 0.29) is 23.0 Å². The number of halogens is 2. The van der Waals surface area contributed by atoms with E-state index in [4.69, 9.17) is 17.3 Å². The van der Waals surface area contributed by atoms with Crippen LogP contribution in [0.15, 0.2) is 24.3 Å². The largest absolute Gasteiger partial charge is 0.465 e. The van der Waals surface area contributed by atoms with E-state index in [0.29, 0.717) is 4.34 Å². The first kappa shape index (κ1) is 15.6. The number of rotatable bonds is 4. The molecule has 0 amide bonds. The molecule has 1 aromatic carbocycles. The molecular weight excluding hydrogens is 315 g/mol. The van der Waals surface area contributed by atoms with Crippen LogP contribution in [0, 0.1) is 5.82 Å². The van der Waals surface area contributed by atoms with Crippen LogP contribution in [0.25, 0.3) is 0 Å². The van der Waals surface area contributed by atoms with E-state index in [1.807, 2.05) is 13.0 Å². The summed E-state index contributed by atoms with van der Waals surface area (Å²) in [6.45, 7) is 1.87. The second-order valence-electron chi connectivity index (χ2n) is 4.42. The van der Waals surface area contributed by atoms with Crippen molar-refractivity contribution in [3.8, 4) is 0 Å². The van der Waals surface area contributed by atoms with Crippen LogP contribution in [-0.4, -0.2) is 13.1 Å². The standard InChI is InChI=1S/C14H14ClFN2O2S/c1-7(12-3-4-13(15)21-12)18-11-5-8(14(19)20-2)10(17)6-9(11)16/h3-7,18H,17H2,1-2H3. The van der Waals surface area contributed by atoms with Crippen molar-refractivity contribution in [1.82, 2.24) is 0 Å². The quantitative estimate of drug-likeness (QED) is 0.655. The molecule has 1 heterocycles. The topological polar surface area (TPSA) is 64.3 Å². The molecule has 0 aliphatic rings. The smallest absolute Gasteiger partial charge is 0.340 e. The second-order valence-corrected chi connectivity index (χ2v) is 6.17. The van der Waals surface area contributed by atoms with Gasteiger partial charge in [-0.25, -0.2) is 9.18 Å². The Labute approximate surface area is 130 Å². The third-order valence-corrected chi connectivity index (χ3v) is 4.35. The maximum atomic E-state index is 14.0. The van der Waals surface area contributed by atoms with Crippen LogP contribution in [0.1, 0.15) is 28.2 Å². The van der Waals surface area contributed by atoms with Gasteiger partial charge in [-0.15, -0.1) is 11.3 Å². The lowest BCUT2D eigenvalue weighted by atomic mass is 10.1. The minimum absolute atomic E-state index is 0.0386. The van der Waals surface area contributed by atoms with Gasteiger partial charge >= 0.3 is 5.97 Å². The lowest BCUT2D eigenvalue weighted by molar-refractivity contribution is 0.0602. The number of methoxy groups -OCH3 is 1. The average molecular weight is 329 g/mol. The zero-order valence-corrected chi connectivity index (χ0v) is 13.0. The zero-order chi connectivity index (χ0) is 15.6. The van der Waals surface area contributed by atoms with E-state index in [1.54, 1.807) is 6.07 Å². The van der Waals surface area contributed by atoms with Crippen LogP contribution in [0.3, 0.4) is 0 Å². The Kier molecular flexibility index (Phi) is 4.69. The predicted molar refractivity (Wildman–Crippen MR) is 83.5 cm³/mol. The minimum atomic E-state index is -0.609. The summed E-state index contributed by atoms with van der Waals surface area (Å²) in [5.41, 5.74) is 5.97. The molecule has 2 aromatic rings. The number of nitrogens with two attached hydrogens (primary N) is 1. The summed E-state index contributed by atoms with van der Waals surface area (Å²) in [6.07, 6.45) is 0. The van der Waals surface area contributed by atoms with Gasteiger partial charge in [0.25, 0.3) is 0 Å². The Morgan fingerprint density at radius 3 is 2.76 bits per heavy atom. The summed E-state index contributed by atoms with van der Waals surface area (Å²) in [5.74, 6) is -1.14. The highest BCUT2D eigenvalue weighted by molar-refractivity contribution is 7.16. The first-order valence-corrected chi connectivity index (χ1v) is 7.31. The molecule has 0 saturated heterocycles. The average Bonchev–Trinajstić information content (AvgIpc) is 2.87. The van der Waals surface area contributed by atoms with Gasteiger partial charge in [0.1, 0.15) is 5.82 Å². The van der Waals surface area contributed by atoms with Gasteiger partial charge in [-0.2, -0.15) is 0 Å². The van der Waals surface area contributed by atoms with Gasteiger partial charge in [0.2, 0.25) is 0 Å². The van der Waals surface area contributed by atoms with Gasteiger partial charge in [-0.3, -0.25) is 0 Å². The van der Waals surface area contributed by atoms with E-state index in [1.165, 1.54) is 24.5 Å². The summed E-state index contributed by atoms with van der Waals surface area (Å²) in [4.78, 5) is 12.5. The first-order chi connectivity index (χ1) is 9.92. The van der Waals surface area contributed by atoms with Crippen molar-refractivity contribution in [2.75, 3.05) is 18.2 Å². The SMILES string of the molecule is COC(=O)c1cc(NC(C)c2ccc(Cl)s2)c(F)cc1N. The number of benzene rings is 1. The number of hydrogen-bond donors (Lipinski definition) is 2. The van der Waals surface area contributed by atoms with Crippen molar-refractivity contribution in [1.29, 1.82) is 0 Å². The second kappa shape index (κ2) is 6.32. The highest BCUT2D eigenvalue weighted by atomic mass is 35.5. The molecule has 0 saturated carbocycles. The number of esters is 1. The molecule has 7 heteroatoms. The van der Waals surface area contributed by atoms with Crippen molar-refractivity contribution >= 4 is 40.3 Å². The molecule has 21 heavy (non-hydrogen) atoms. The molecule has 0 aliphatic heterocycles. The number of carbonyl (C=O) groups is 1. The first-order valence-electron chi connectivity index (χ1n) is 6.11. The van der Waals surface area contributed by atoms with Crippen molar-refractivity contribution < 1.29 is 13.9 Å². The molecule has 1 aromatic heterocycles. The monoisotopic (exact) mass is 328 g/mol. The van der Waals surface area contributed by atoms with Gasteiger partial charge in [-0.05, 0) is 31.2 Å². The van der Waals surface area contributed by atoms with Crippen molar-refractivity contribution in [2.45, 2.75) is 13.0 Å². The Bertz CT molecular complexity index is 675. The normalized spacial score (nSPS) is 12.0. The van der Waals surface area contributed by atoms with Gasteiger partial charge in [-0.1, -0.05) is 11.6 Å². The number of anilines is 2. The minimum Gasteiger partial charge on any atom is -0.465 e. The summed E-state index contributed by atoms with van der Waals surface area (Å²) in [6, 6.07) is 5.93. The Hall–Kier alpha value is -1.79. The molecule has 3 N–H and O–H groups in total. The number of nitrogen functional groups attached to an aromatic ring is 1. The maximum absolute atomic E-state index is 14.0. The molecular formula is C14H14ClFN2O2S. The number of carbonyl (C=O) groups excluding carboxylic acids is 1. The molecule has 4 nitrogen and oxygen atoms in total. The molecule has 2 rings (SSSR count). The Morgan fingerprint density at radius 2 is 2.19 bits per heavy atom. The third-order valence-electron chi connectivity index (χ3n) is 2.94. The van der Waals surface area contributed by atoms with Crippen LogP contribution in [0.2, 0.25) is 4.34 Å². The van der Waals surface area contributed by atoms with Gasteiger partial charge in [0.15, 0.2) is 0 Å². The fraction of sp³-hybridized carbons (Fsp3) is 0.214. The fourth-order valence-corrected chi connectivity index (χ4v) is 2.91. The number of thiophene rings is 1. The number of nitrogens with one attached hydrogen (secondary N) is 1. The molecule has 0 spiro atoms. The lowest BCUT2D eigenvalue weighted by Gasteiger charge is -2.16. The molecule has 1 unspecified atom stereocenters. The lowest BCUT2D eigenvalue weighted by Crippen LogP contribution is -2.11. The summed E-state index contributed by atoms with van der Waals surface area (Å²) < 4.78 is 19.2. The predicted octanol–water partition coefficient (Wildman–Crippen LogP) is 4.08. The van der Waals surface area contributed by atoms with Gasteiger partial charge in [0.05, 0.1) is 28.7 Å². The Balaban J connectivity index is 2.29. The van der Waals surface area contributed by atoms with Gasteiger partial charge in [0, 0.05) is 10.6 Å².